The largest absolute Gasteiger partial charge is 0.397 e. The van der Waals surface area contributed by atoms with Crippen molar-refractivity contribution in [1.82, 2.24) is 19.6 Å². The number of hydrogen-bond donors (Lipinski definition) is 3. The van der Waals surface area contributed by atoms with E-state index in [1.807, 2.05) is 31.5 Å². The van der Waals surface area contributed by atoms with Gasteiger partial charge in [0.2, 0.25) is 0 Å². The number of pyridine rings is 1. The van der Waals surface area contributed by atoms with Gasteiger partial charge in [-0.2, -0.15) is 5.10 Å². The zero-order valence-electron chi connectivity index (χ0n) is 13.2. The first-order chi connectivity index (χ1) is 11.6. The topological polar surface area (TPSA) is 115 Å². The number of hydrogen-bond acceptors (Lipinski definition) is 5. The van der Waals surface area contributed by atoms with Crippen molar-refractivity contribution in [3.05, 3.63) is 48.2 Å². The fourth-order valence-corrected chi connectivity index (χ4v) is 3.91. The second kappa shape index (κ2) is 6.23. The summed E-state index contributed by atoms with van der Waals surface area (Å²) in [5.74, 6) is -0.499. The molecule has 0 bridgehead atoms. The molecule has 0 atom stereocenters. The highest BCUT2D eigenvalue weighted by atomic mass is 35.5. The van der Waals surface area contributed by atoms with Crippen LogP contribution in [0.1, 0.15) is 16.1 Å². The highest BCUT2D eigenvalue weighted by Gasteiger charge is 2.22. The molecule has 1 amide bonds. The number of thiazole rings is 1. The number of nitrogens with two attached hydrogens (primary N) is 2. The average Bonchev–Trinajstić information content (AvgIpc) is 3.23. The van der Waals surface area contributed by atoms with E-state index in [0.717, 1.165) is 27.4 Å². The SMILES string of the molecule is Cc1ncc(N)cc1-c1c(-c2cc[nH]c2)sc2c(C(N)=O)cnn12.Cl. The maximum Gasteiger partial charge on any atom is 0.253 e. The Bertz CT molecular complexity index is 1070. The predicted octanol–water partition coefficient (Wildman–Crippen LogP) is 2.86. The quantitative estimate of drug-likeness (QED) is 0.511. The summed E-state index contributed by atoms with van der Waals surface area (Å²) in [5.41, 5.74) is 15.9. The van der Waals surface area contributed by atoms with E-state index >= 15 is 0 Å². The molecule has 128 valence electrons. The van der Waals surface area contributed by atoms with Gasteiger partial charge in [0.1, 0.15) is 4.83 Å². The van der Waals surface area contributed by atoms with Crippen LogP contribution in [0.25, 0.3) is 26.5 Å². The molecule has 0 aliphatic heterocycles. The zero-order chi connectivity index (χ0) is 16.8. The van der Waals surface area contributed by atoms with Crippen molar-refractivity contribution in [2.45, 2.75) is 6.92 Å². The molecule has 0 aliphatic rings. The number of amides is 1. The van der Waals surface area contributed by atoms with Gasteiger partial charge in [-0.15, -0.1) is 23.7 Å². The Morgan fingerprint density at radius 1 is 1.36 bits per heavy atom. The lowest BCUT2D eigenvalue weighted by molar-refractivity contribution is 0.100. The van der Waals surface area contributed by atoms with Crippen LogP contribution in [0.3, 0.4) is 0 Å². The minimum atomic E-state index is -0.499. The number of nitrogens with zero attached hydrogens (tertiary/aromatic N) is 3. The highest BCUT2D eigenvalue weighted by molar-refractivity contribution is 7.21. The maximum absolute atomic E-state index is 11.7. The highest BCUT2D eigenvalue weighted by Crippen LogP contribution is 2.41. The fraction of sp³-hybridized carbons (Fsp3) is 0.0625. The lowest BCUT2D eigenvalue weighted by Crippen LogP contribution is -2.09. The minimum Gasteiger partial charge on any atom is -0.397 e. The number of aromatic nitrogens is 4. The van der Waals surface area contributed by atoms with Crippen molar-refractivity contribution >= 4 is 40.2 Å². The molecule has 5 N–H and O–H groups in total. The Morgan fingerprint density at radius 3 is 2.84 bits per heavy atom. The van der Waals surface area contributed by atoms with Crippen molar-refractivity contribution in [2.75, 3.05) is 5.73 Å². The Morgan fingerprint density at radius 2 is 2.16 bits per heavy atom. The predicted molar refractivity (Wildman–Crippen MR) is 101 cm³/mol. The molecule has 25 heavy (non-hydrogen) atoms. The van der Waals surface area contributed by atoms with Crippen LogP contribution in [-0.4, -0.2) is 25.5 Å². The average molecular weight is 375 g/mol. The van der Waals surface area contributed by atoms with Crippen molar-refractivity contribution in [2.24, 2.45) is 5.73 Å². The molecule has 0 unspecified atom stereocenters. The van der Waals surface area contributed by atoms with Gasteiger partial charge in [-0.3, -0.25) is 9.78 Å². The van der Waals surface area contributed by atoms with Crippen molar-refractivity contribution < 1.29 is 4.79 Å². The summed E-state index contributed by atoms with van der Waals surface area (Å²) in [5, 5.41) is 4.37. The van der Waals surface area contributed by atoms with E-state index in [1.54, 1.807) is 10.7 Å². The van der Waals surface area contributed by atoms with Gasteiger partial charge in [0.15, 0.2) is 0 Å². The molecule has 0 saturated carbocycles. The summed E-state index contributed by atoms with van der Waals surface area (Å²) in [6.45, 7) is 1.91. The number of carbonyl (C=O) groups is 1. The first-order valence-electron chi connectivity index (χ1n) is 7.22. The van der Waals surface area contributed by atoms with Crippen LogP contribution in [-0.2, 0) is 0 Å². The van der Waals surface area contributed by atoms with Gasteiger partial charge >= 0.3 is 0 Å². The van der Waals surface area contributed by atoms with Crippen LogP contribution in [0.2, 0.25) is 0 Å². The summed E-state index contributed by atoms with van der Waals surface area (Å²) in [6.07, 6.45) is 6.86. The number of halogens is 1. The number of nitrogen functional groups attached to an aromatic ring is 1. The number of rotatable bonds is 3. The molecule has 0 fully saturated rings. The van der Waals surface area contributed by atoms with Crippen LogP contribution in [0.15, 0.2) is 36.9 Å². The molecular formula is C16H15ClN6OS. The van der Waals surface area contributed by atoms with Gasteiger partial charge in [-0.25, -0.2) is 4.52 Å². The van der Waals surface area contributed by atoms with Gasteiger partial charge in [0.25, 0.3) is 5.91 Å². The molecule has 4 aromatic heterocycles. The molecular weight excluding hydrogens is 360 g/mol. The van der Waals surface area contributed by atoms with E-state index in [0.29, 0.717) is 16.1 Å². The third kappa shape index (κ3) is 2.65. The first kappa shape index (κ1) is 17.0. The van der Waals surface area contributed by atoms with Crippen LogP contribution in [0.5, 0.6) is 0 Å². The molecule has 0 aromatic carbocycles. The Labute approximate surface area is 153 Å². The molecule has 4 rings (SSSR count). The summed E-state index contributed by atoms with van der Waals surface area (Å²) in [7, 11) is 0. The third-order valence-electron chi connectivity index (χ3n) is 3.84. The number of fused-ring (bicyclic) bond motifs is 1. The summed E-state index contributed by atoms with van der Waals surface area (Å²) < 4.78 is 1.73. The number of nitrogens with one attached hydrogen (secondary N) is 1. The number of aromatic amines is 1. The number of primary amides is 1. The van der Waals surface area contributed by atoms with Crippen LogP contribution < -0.4 is 11.5 Å². The molecule has 9 heteroatoms. The normalized spacial score (nSPS) is 10.8. The lowest BCUT2D eigenvalue weighted by Gasteiger charge is -2.07. The molecule has 0 radical (unpaired) electrons. The van der Waals surface area contributed by atoms with Crippen LogP contribution in [0, 0.1) is 6.92 Å². The molecule has 0 aliphatic carbocycles. The first-order valence-corrected chi connectivity index (χ1v) is 8.04. The van der Waals surface area contributed by atoms with E-state index < -0.39 is 5.91 Å². The van der Waals surface area contributed by atoms with E-state index in [2.05, 4.69) is 15.1 Å². The Hall–Kier alpha value is -2.84. The summed E-state index contributed by atoms with van der Waals surface area (Å²) in [4.78, 5) is 20.7. The van der Waals surface area contributed by atoms with Crippen molar-refractivity contribution in [1.29, 1.82) is 0 Å². The summed E-state index contributed by atoms with van der Waals surface area (Å²) >= 11 is 1.46. The monoisotopic (exact) mass is 374 g/mol. The third-order valence-corrected chi connectivity index (χ3v) is 5.06. The molecule has 4 aromatic rings. The zero-order valence-corrected chi connectivity index (χ0v) is 14.8. The molecule has 7 nitrogen and oxygen atoms in total. The van der Waals surface area contributed by atoms with Crippen molar-refractivity contribution in [3.8, 4) is 21.7 Å². The number of aryl methyl sites for hydroxylation is 1. The molecule has 0 saturated heterocycles. The smallest absolute Gasteiger partial charge is 0.253 e. The second-order valence-electron chi connectivity index (χ2n) is 5.42. The van der Waals surface area contributed by atoms with Gasteiger partial charge in [0, 0.05) is 29.2 Å². The van der Waals surface area contributed by atoms with Gasteiger partial charge in [-0.1, -0.05) is 0 Å². The van der Waals surface area contributed by atoms with E-state index in [9.17, 15) is 4.79 Å². The Kier molecular flexibility index (Phi) is 4.23. The van der Waals surface area contributed by atoms with E-state index in [4.69, 9.17) is 11.5 Å². The Balaban J connectivity index is 0.00000182. The fourth-order valence-electron chi connectivity index (χ4n) is 2.69. The number of H-pyrrole nitrogens is 1. The number of carbonyl (C=O) groups excluding carboxylic acids is 1. The minimum absolute atomic E-state index is 0. The second-order valence-corrected chi connectivity index (χ2v) is 6.42. The standard InChI is InChI=1S/C16H14N6OS.ClH/c1-8-11(4-10(17)6-20-8)13-14(9-2-3-19-5-9)24-16-12(15(18)23)7-21-22(13)16;/h2-7,19H,17H2,1H3,(H2,18,23);1H. The molecule has 4 heterocycles. The van der Waals surface area contributed by atoms with E-state index in [-0.39, 0.29) is 12.4 Å². The lowest BCUT2D eigenvalue weighted by atomic mass is 10.1. The maximum atomic E-state index is 11.7. The van der Waals surface area contributed by atoms with Gasteiger partial charge < -0.3 is 16.5 Å². The van der Waals surface area contributed by atoms with Crippen molar-refractivity contribution in [3.63, 3.8) is 0 Å². The van der Waals surface area contributed by atoms with Gasteiger partial charge in [0.05, 0.1) is 34.2 Å². The number of anilines is 1. The molecule has 0 spiro atoms. The van der Waals surface area contributed by atoms with Crippen LogP contribution >= 0.6 is 23.7 Å². The summed E-state index contributed by atoms with van der Waals surface area (Å²) in [6, 6.07) is 3.83. The van der Waals surface area contributed by atoms with Gasteiger partial charge in [-0.05, 0) is 19.1 Å². The van der Waals surface area contributed by atoms with Crippen LogP contribution in [0.4, 0.5) is 5.69 Å². The van der Waals surface area contributed by atoms with E-state index in [1.165, 1.54) is 17.5 Å².